The van der Waals surface area contributed by atoms with Crippen LogP contribution in [0, 0.1) is 10.1 Å². The van der Waals surface area contributed by atoms with Gasteiger partial charge in [0.2, 0.25) is 0 Å². The highest BCUT2D eigenvalue weighted by Gasteiger charge is 2.50. The number of rotatable bonds is 2. The lowest BCUT2D eigenvalue weighted by atomic mass is 9.90. The van der Waals surface area contributed by atoms with Gasteiger partial charge in [0.1, 0.15) is 5.75 Å². The number of phenolic OH excluding ortho intramolecular Hbond substituents is 1. The van der Waals surface area contributed by atoms with E-state index in [2.05, 4.69) is 29.2 Å². The van der Waals surface area contributed by atoms with E-state index < -0.39 is 16.4 Å². The van der Waals surface area contributed by atoms with Gasteiger partial charge in [-0.3, -0.25) is 10.1 Å². The molecule has 1 atom stereocenters. The Bertz CT molecular complexity index is 1390. The average Bonchev–Trinajstić information content (AvgIpc) is 3.13. The second-order valence-corrected chi connectivity index (χ2v) is 7.33. The fourth-order valence-electron chi connectivity index (χ4n) is 3.74. The molecule has 0 aliphatic heterocycles. The van der Waals surface area contributed by atoms with Crippen LogP contribution >= 0.6 is 0 Å². The lowest BCUT2D eigenvalue weighted by Crippen LogP contribution is -2.46. The van der Waals surface area contributed by atoms with E-state index in [1.807, 2.05) is 24.3 Å². The first-order valence-electron chi connectivity index (χ1n) is 9.46. The van der Waals surface area contributed by atoms with Gasteiger partial charge in [0.15, 0.2) is 0 Å². The Morgan fingerprint density at radius 3 is 2.52 bits per heavy atom. The Morgan fingerprint density at radius 1 is 1.10 bits per heavy atom. The summed E-state index contributed by atoms with van der Waals surface area (Å²) in [5.74, 6) is -1.20. The monoisotopic (exact) mass is 417 g/mol. The zero-order chi connectivity index (χ0) is 22.2. The van der Waals surface area contributed by atoms with Crippen molar-refractivity contribution in [2.45, 2.75) is 12.0 Å². The molecule has 8 heteroatoms. The molecule has 8 nitrogen and oxygen atoms in total. The number of fused-ring (bicyclic) bond motifs is 5. The predicted octanol–water partition coefficient (Wildman–Crippen LogP) is 4.07. The molecule has 0 saturated carbocycles. The number of nitrogens with one attached hydrogen (secondary N) is 1. The summed E-state index contributed by atoms with van der Waals surface area (Å²) in [6.45, 7) is 0. The number of carboxylic acids is 1. The molecule has 5 rings (SSSR count). The molecule has 5 N–H and O–H groups in total. The Labute approximate surface area is 176 Å². The first kappa shape index (κ1) is 20.0. The van der Waals surface area contributed by atoms with Crippen LogP contribution in [-0.4, -0.2) is 31.6 Å². The van der Waals surface area contributed by atoms with Gasteiger partial charge in [-0.1, -0.05) is 42.5 Å². The topological polar surface area (TPSA) is 142 Å². The number of benzene rings is 3. The molecular formula is C23H19N3O5. The van der Waals surface area contributed by atoms with Crippen molar-refractivity contribution in [2.24, 2.45) is 5.73 Å². The molecule has 0 bridgehead atoms. The highest BCUT2D eigenvalue weighted by Crippen LogP contribution is 2.32. The number of carbonyl (C=O) groups is 1. The van der Waals surface area contributed by atoms with E-state index in [-0.39, 0.29) is 12.1 Å². The molecule has 0 radical (unpaired) electrons. The lowest BCUT2D eigenvalue weighted by Gasteiger charge is -2.19. The summed E-state index contributed by atoms with van der Waals surface area (Å²) in [4.78, 5) is 23.8. The van der Waals surface area contributed by atoms with Crippen LogP contribution < -0.4 is 5.73 Å². The number of aromatic amines is 1. The Hall–Kier alpha value is -4.33. The number of carboxylic acid groups (broad SMARTS) is 1. The van der Waals surface area contributed by atoms with Crippen LogP contribution in [0.1, 0.15) is 6.42 Å². The zero-order valence-electron chi connectivity index (χ0n) is 16.3. The summed E-state index contributed by atoms with van der Waals surface area (Å²) in [6.07, 6.45) is 3.48. The van der Waals surface area contributed by atoms with Crippen molar-refractivity contribution in [3.63, 3.8) is 0 Å². The maximum Gasteiger partial charge on any atom is 0.387 e. The molecule has 0 spiro atoms. The number of aromatic nitrogens is 1. The van der Waals surface area contributed by atoms with Crippen molar-refractivity contribution in [3.05, 3.63) is 88.6 Å². The molecular weight excluding hydrogens is 398 g/mol. The molecule has 31 heavy (non-hydrogen) atoms. The van der Waals surface area contributed by atoms with Gasteiger partial charge in [0, 0.05) is 38.4 Å². The Kier molecular flexibility index (Phi) is 4.82. The minimum atomic E-state index is -2.08. The molecule has 0 saturated heterocycles. The van der Waals surface area contributed by atoms with Gasteiger partial charge >= 0.3 is 11.5 Å². The normalized spacial score (nSPS) is 17.9. The van der Waals surface area contributed by atoms with E-state index in [4.69, 9.17) is 10.8 Å². The molecule has 4 aromatic rings. The summed E-state index contributed by atoms with van der Waals surface area (Å²) in [5.41, 5.74) is 5.66. The number of hydrogen-bond acceptors (Lipinski definition) is 5. The van der Waals surface area contributed by atoms with Gasteiger partial charge < -0.3 is 20.9 Å². The highest BCUT2D eigenvalue weighted by atomic mass is 16.6. The van der Waals surface area contributed by atoms with Crippen molar-refractivity contribution in [1.29, 1.82) is 0 Å². The minimum absolute atomic E-state index is 0.196. The molecule has 1 aliphatic carbocycles. The van der Waals surface area contributed by atoms with E-state index in [0.717, 1.165) is 27.9 Å². The van der Waals surface area contributed by atoms with Crippen molar-refractivity contribution in [1.82, 2.24) is 4.98 Å². The third-order valence-corrected chi connectivity index (χ3v) is 5.33. The molecule has 1 heterocycles. The van der Waals surface area contributed by atoms with Crippen LogP contribution in [0.3, 0.4) is 0 Å². The average molecular weight is 417 g/mol. The van der Waals surface area contributed by atoms with Gasteiger partial charge in [0.05, 0.1) is 11.9 Å². The molecule has 0 fully saturated rings. The second kappa shape index (κ2) is 7.49. The fraction of sp³-hybridized carbons (Fsp3) is 0.0870. The van der Waals surface area contributed by atoms with Gasteiger partial charge in [-0.15, -0.1) is 0 Å². The second-order valence-electron chi connectivity index (χ2n) is 7.33. The number of aromatic hydroxyl groups is 1. The first-order valence-corrected chi connectivity index (χ1v) is 9.46. The van der Waals surface area contributed by atoms with E-state index in [9.17, 15) is 20.0 Å². The number of para-hydroxylation sites is 1. The van der Waals surface area contributed by atoms with Crippen LogP contribution in [0.25, 0.3) is 32.6 Å². The Morgan fingerprint density at radius 2 is 1.84 bits per heavy atom. The Balaban J connectivity index is 0.000000159. The number of nitro groups is 1. The number of phenols is 1. The lowest BCUT2D eigenvalue weighted by molar-refractivity contribution is -0.540. The number of aliphatic carboxylic acids is 1. The summed E-state index contributed by atoms with van der Waals surface area (Å²) >= 11 is 0. The molecule has 1 aliphatic rings. The number of nitrogens with two attached hydrogens (primary N) is 1. The summed E-state index contributed by atoms with van der Waals surface area (Å²) in [6, 6.07) is 18.0. The van der Waals surface area contributed by atoms with E-state index in [1.165, 1.54) is 22.9 Å². The third kappa shape index (κ3) is 3.44. The van der Waals surface area contributed by atoms with E-state index in [1.54, 1.807) is 6.07 Å². The van der Waals surface area contributed by atoms with Gasteiger partial charge in [-0.2, -0.15) is 0 Å². The van der Waals surface area contributed by atoms with Crippen molar-refractivity contribution < 1.29 is 19.9 Å². The maximum absolute atomic E-state index is 10.7. The smallest absolute Gasteiger partial charge is 0.387 e. The molecule has 3 aromatic carbocycles. The molecule has 1 aromatic heterocycles. The third-order valence-electron chi connectivity index (χ3n) is 5.33. The predicted molar refractivity (Wildman–Crippen MR) is 118 cm³/mol. The number of hydrogen-bond donors (Lipinski definition) is 4. The van der Waals surface area contributed by atoms with Crippen LogP contribution in [0.15, 0.2) is 78.5 Å². The van der Waals surface area contributed by atoms with Crippen molar-refractivity contribution in [3.8, 4) is 5.75 Å². The quantitative estimate of drug-likeness (QED) is 0.286. The fourth-order valence-corrected chi connectivity index (χ4v) is 3.74. The summed E-state index contributed by atoms with van der Waals surface area (Å²) in [5, 5.41) is 33.5. The standard InChI is InChI=1S/C16H11NO.C7H8N2O4/c18-11-7-5-10-6-8-13-12-3-1-2-4-15(12)17-16(13)14(10)9-11;8-5-2-1-3-7(4-5,6(10)11)9(12)13/h1-9,17-18H;1-3H,4,8H2,(H,10,11). The SMILES string of the molecule is NC1=CC=CC(C(=O)O)([N+](=O)[O-])C1.Oc1ccc2ccc3c4ccccc4[nH]c3c2c1. The summed E-state index contributed by atoms with van der Waals surface area (Å²) in [7, 11) is 0. The molecule has 156 valence electrons. The first-order chi connectivity index (χ1) is 14.8. The molecule has 1 unspecified atom stereocenters. The number of H-pyrrole nitrogens is 1. The van der Waals surface area contributed by atoms with Crippen LogP contribution in [0.2, 0.25) is 0 Å². The number of allylic oxidation sites excluding steroid dienone is 2. The van der Waals surface area contributed by atoms with E-state index in [0.29, 0.717) is 5.75 Å². The van der Waals surface area contributed by atoms with Crippen molar-refractivity contribution >= 4 is 38.5 Å². The molecule has 0 amide bonds. The minimum Gasteiger partial charge on any atom is -0.508 e. The van der Waals surface area contributed by atoms with E-state index >= 15 is 0 Å². The largest absolute Gasteiger partial charge is 0.508 e. The van der Waals surface area contributed by atoms with Crippen LogP contribution in [0.5, 0.6) is 5.75 Å². The maximum atomic E-state index is 10.7. The van der Waals surface area contributed by atoms with Gasteiger partial charge in [-0.05, 0) is 29.7 Å². The summed E-state index contributed by atoms with van der Waals surface area (Å²) < 4.78 is 0. The highest BCUT2D eigenvalue weighted by molar-refractivity contribution is 6.17. The number of nitrogens with zero attached hydrogens (tertiary/aromatic N) is 1. The van der Waals surface area contributed by atoms with Gasteiger partial charge in [-0.25, -0.2) is 4.79 Å². The van der Waals surface area contributed by atoms with Crippen LogP contribution in [-0.2, 0) is 4.79 Å². The van der Waals surface area contributed by atoms with Crippen LogP contribution in [0.4, 0.5) is 0 Å². The van der Waals surface area contributed by atoms with Gasteiger partial charge in [0.25, 0.3) is 0 Å². The van der Waals surface area contributed by atoms with Crippen molar-refractivity contribution in [2.75, 3.05) is 0 Å². The zero-order valence-corrected chi connectivity index (χ0v) is 16.3.